The first-order valence-corrected chi connectivity index (χ1v) is 8.35. The molecule has 0 aliphatic heterocycles. The molecule has 0 amide bonds. The van der Waals surface area contributed by atoms with Crippen LogP contribution in [0.2, 0.25) is 0 Å². The van der Waals surface area contributed by atoms with E-state index in [2.05, 4.69) is 29.3 Å². The number of aromatic nitrogens is 3. The zero-order valence-corrected chi connectivity index (χ0v) is 14.3. The van der Waals surface area contributed by atoms with Gasteiger partial charge in [0.15, 0.2) is 11.0 Å². The molecule has 0 fully saturated rings. The second-order valence-corrected chi connectivity index (χ2v) is 6.57. The highest BCUT2D eigenvalue weighted by molar-refractivity contribution is 7.99. The highest BCUT2D eigenvalue weighted by Gasteiger charge is 2.13. The molecule has 22 heavy (non-hydrogen) atoms. The minimum Gasteiger partial charge on any atom is -0.390 e. The average Bonchev–Trinajstić information content (AvgIpc) is 2.85. The third kappa shape index (κ3) is 4.56. The summed E-state index contributed by atoms with van der Waals surface area (Å²) in [6.07, 6.45) is -0.380. The molecule has 6 heteroatoms. The molecule has 120 valence electrons. The minimum absolute atomic E-state index is 0.127. The lowest BCUT2D eigenvalue weighted by atomic mass is 10.1. The van der Waals surface area contributed by atoms with Crippen LogP contribution in [0.4, 0.5) is 0 Å². The van der Waals surface area contributed by atoms with Crippen molar-refractivity contribution >= 4 is 11.8 Å². The van der Waals surface area contributed by atoms with E-state index in [4.69, 9.17) is 4.74 Å². The van der Waals surface area contributed by atoms with Crippen LogP contribution in [0.25, 0.3) is 11.4 Å². The Labute approximate surface area is 135 Å². The monoisotopic (exact) mass is 321 g/mol. The van der Waals surface area contributed by atoms with E-state index in [1.54, 1.807) is 0 Å². The number of nitrogens with zero attached hydrogens (tertiary/aromatic N) is 3. The number of aryl methyl sites for hydroxylation is 1. The topological polar surface area (TPSA) is 60.2 Å². The minimum atomic E-state index is -0.507. The van der Waals surface area contributed by atoms with Crippen LogP contribution in [0.15, 0.2) is 29.4 Å². The van der Waals surface area contributed by atoms with Crippen LogP contribution >= 0.6 is 11.8 Å². The SMILES string of the molecule is Cc1ccc(-c2nnc(SCC(O)COC(C)C)n2C)cc1. The lowest BCUT2D eigenvalue weighted by Gasteiger charge is -2.12. The predicted octanol–water partition coefficient (Wildman–Crippen LogP) is 2.67. The Kier molecular flexibility index (Phi) is 5.99. The van der Waals surface area contributed by atoms with Gasteiger partial charge in [-0.05, 0) is 20.8 Å². The molecule has 5 nitrogen and oxygen atoms in total. The number of benzene rings is 1. The van der Waals surface area contributed by atoms with Crippen LogP contribution in [0.1, 0.15) is 19.4 Å². The molecule has 1 aromatic carbocycles. The fourth-order valence-corrected chi connectivity index (χ4v) is 2.73. The smallest absolute Gasteiger partial charge is 0.191 e. The van der Waals surface area contributed by atoms with Crippen molar-refractivity contribution < 1.29 is 9.84 Å². The van der Waals surface area contributed by atoms with Crippen molar-refractivity contribution in [2.24, 2.45) is 7.05 Å². The second-order valence-electron chi connectivity index (χ2n) is 5.58. The van der Waals surface area contributed by atoms with Crippen molar-refractivity contribution in [3.05, 3.63) is 29.8 Å². The van der Waals surface area contributed by atoms with Crippen molar-refractivity contribution in [1.82, 2.24) is 14.8 Å². The summed E-state index contributed by atoms with van der Waals surface area (Å²) in [5, 5.41) is 19.1. The summed E-state index contributed by atoms with van der Waals surface area (Å²) >= 11 is 1.48. The van der Waals surface area contributed by atoms with E-state index in [0.29, 0.717) is 12.4 Å². The third-order valence-corrected chi connectivity index (χ3v) is 4.34. The van der Waals surface area contributed by atoms with Gasteiger partial charge in [-0.15, -0.1) is 10.2 Å². The van der Waals surface area contributed by atoms with Gasteiger partial charge in [-0.3, -0.25) is 0 Å². The first-order chi connectivity index (χ1) is 10.5. The Balaban J connectivity index is 1.97. The van der Waals surface area contributed by atoms with Gasteiger partial charge in [-0.2, -0.15) is 0 Å². The normalized spacial score (nSPS) is 12.8. The van der Waals surface area contributed by atoms with E-state index in [9.17, 15) is 5.11 Å². The van der Waals surface area contributed by atoms with Crippen molar-refractivity contribution in [3.63, 3.8) is 0 Å². The molecule has 1 unspecified atom stereocenters. The van der Waals surface area contributed by atoms with Gasteiger partial charge in [0.25, 0.3) is 0 Å². The van der Waals surface area contributed by atoms with Gasteiger partial charge in [0.2, 0.25) is 0 Å². The van der Waals surface area contributed by atoms with Crippen molar-refractivity contribution in [1.29, 1.82) is 0 Å². The van der Waals surface area contributed by atoms with E-state index < -0.39 is 6.10 Å². The van der Waals surface area contributed by atoms with Crippen molar-refractivity contribution in [2.45, 2.75) is 38.1 Å². The Morgan fingerprint density at radius 1 is 1.23 bits per heavy atom. The van der Waals surface area contributed by atoms with E-state index in [0.717, 1.165) is 16.5 Å². The maximum absolute atomic E-state index is 9.90. The molecular formula is C16H23N3O2S. The molecule has 0 aliphatic carbocycles. The fourth-order valence-electron chi connectivity index (χ4n) is 1.92. The summed E-state index contributed by atoms with van der Waals surface area (Å²) < 4.78 is 7.35. The van der Waals surface area contributed by atoms with E-state index in [-0.39, 0.29) is 6.10 Å². The van der Waals surface area contributed by atoms with Crippen LogP contribution in [0.3, 0.4) is 0 Å². The number of rotatable bonds is 7. The predicted molar refractivity (Wildman–Crippen MR) is 89.0 cm³/mol. The highest BCUT2D eigenvalue weighted by Crippen LogP contribution is 2.23. The molecule has 1 heterocycles. The standard InChI is InChI=1S/C16H23N3O2S/c1-11(2)21-9-14(20)10-22-16-18-17-15(19(16)4)13-7-5-12(3)6-8-13/h5-8,11,14,20H,9-10H2,1-4H3. The van der Waals surface area contributed by atoms with Gasteiger partial charge in [-0.25, -0.2) is 0 Å². The summed E-state index contributed by atoms with van der Waals surface area (Å²) in [6.45, 7) is 6.31. The average molecular weight is 321 g/mol. The van der Waals surface area contributed by atoms with Crippen LogP contribution in [0, 0.1) is 6.92 Å². The lowest BCUT2D eigenvalue weighted by molar-refractivity contribution is 0.0152. The first-order valence-electron chi connectivity index (χ1n) is 7.36. The number of aliphatic hydroxyl groups excluding tert-OH is 1. The summed E-state index contributed by atoms with van der Waals surface area (Å²) in [5.41, 5.74) is 2.25. The molecule has 0 saturated carbocycles. The summed E-state index contributed by atoms with van der Waals surface area (Å²) in [6, 6.07) is 8.20. The van der Waals surface area contributed by atoms with Gasteiger partial charge in [-0.1, -0.05) is 41.6 Å². The molecule has 0 radical (unpaired) electrons. The fraction of sp³-hybridized carbons (Fsp3) is 0.500. The maximum atomic E-state index is 9.90. The molecule has 0 saturated heterocycles. The summed E-state index contributed by atoms with van der Waals surface area (Å²) in [7, 11) is 1.94. The van der Waals surface area contributed by atoms with Crippen LogP contribution in [-0.4, -0.2) is 44.4 Å². The van der Waals surface area contributed by atoms with E-state index in [1.807, 2.05) is 37.6 Å². The Hall–Kier alpha value is -1.37. The van der Waals surface area contributed by atoms with Crippen LogP contribution < -0.4 is 0 Å². The summed E-state index contributed by atoms with van der Waals surface area (Å²) in [4.78, 5) is 0. The van der Waals surface area contributed by atoms with Crippen LogP contribution in [-0.2, 0) is 11.8 Å². The lowest BCUT2D eigenvalue weighted by Crippen LogP contribution is -2.20. The van der Waals surface area contributed by atoms with Gasteiger partial charge in [0.1, 0.15) is 0 Å². The second kappa shape index (κ2) is 7.76. The summed E-state index contributed by atoms with van der Waals surface area (Å²) in [5.74, 6) is 1.36. The maximum Gasteiger partial charge on any atom is 0.191 e. The number of hydrogen-bond donors (Lipinski definition) is 1. The number of thioether (sulfide) groups is 1. The third-order valence-electron chi connectivity index (χ3n) is 3.17. The molecule has 0 aliphatic rings. The number of aliphatic hydroxyl groups is 1. The molecule has 0 spiro atoms. The van der Waals surface area contributed by atoms with Crippen molar-refractivity contribution in [3.8, 4) is 11.4 Å². The van der Waals surface area contributed by atoms with E-state index >= 15 is 0 Å². The Morgan fingerprint density at radius 2 is 1.91 bits per heavy atom. The zero-order valence-electron chi connectivity index (χ0n) is 13.5. The van der Waals surface area contributed by atoms with Gasteiger partial charge >= 0.3 is 0 Å². The molecule has 1 atom stereocenters. The van der Waals surface area contributed by atoms with E-state index in [1.165, 1.54) is 17.3 Å². The van der Waals surface area contributed by atoms with Crippen LogP contribution in [0.5, 0.6) is 0 Å². The molecule has 1 aromatic heterocycles. The largest absolute Gasteiger partial charge is 0.390 e. The molecule has 1 N–H and O–H groups in total. The van der Waals surface area contributed by atoms with Crippen molar-refractivity contribution in [2.75, 3.05) is 12.4 Å². The number of hydrogen-bond acceptors (Lipinski definition) is 5. The van der Waals surface area contributed by atoms with Gasteiger partial charge < -0.3 is 14.4 Å². The number of ether oxygens (including phenoxy) is 1. The van der Waals surface area contributed by atoms with Gasteiger partial charge in [0, 0.05) is 18.4 Å². The quantitative estimate of drug-likeness (QED) is 0.795. The molecule has 2 aromatic rings. The molecule has 2 rings (SSSR count). The molecular weight excluding hydrogens is 298 g/mol. The Morgan fingerprint density at radius 3 is 2.55 bits per heavy atom. The zero-order chi connectivity index (χ0) is 16.1. The Bertz CT molecular complexity index is 596. The first kappa shape index (κ1) is 17.0. The highest BCUT2D eigenvalue weighted by atomic mass is 32.2. The molecule has 0 bridgehead atoms. The van der Waals surface area contributed by atoms with Gasteiger partial charge in [0.05, 0.1) is 18.8 Å².